The molecular weight excluding hydrogens is 338 g/mol. The average Bonchev–Trinajstić information content (AvgIpc) is 3.31. The van der Waals surface area contributed by atoms with Crippen LogP contribution in [0.4, 0.5) is 0 Å². The van der Waals surface area contributed by atoms with E-state index in [1.54, 1.807) is 4.31 Å². The number of hydrogen-bond donors (Lipinski definition) is 0. The molecule has 0 N–H and O–H groups in total. The lowest BCUT2D eigenvalue weighted by molar-refractivity contribution is 0.0982. The number of rotatable bonds is 4. The van der Waals surface area contributed by atoms with Gasteiger partial charge in [0.15, 0.2) is 0 Å². The normalized spacial score (nSPS) is 30.6. The maximum Gasteiger partial charge on any atom is 0.221 e. The molecule has 0 spiro atoms. The Balaban J connectivity index is 1.51. The van der Waals surface area contributed by atoms with Crippen molar-refractivity contribution in [2.45, 2.75) is 56.0 Å². The third-order valence-corrected chi connectivity index (χ3v) is 7.54. The number of fused-ring (bicyclic) bond motifs is 2. The summed E-state index contributed by atoms with van der Waals surface area (Å²) in [7, 11) is -3.17. The highest BCUT2D eigenvalue weighted by atomic mass is 35.5. The average molecular weight is 356 g/mol. The van der Waals surface area contributed by atoms with E-state index in [9.17, 15) is 8.42 Å². The first-order valence-corrected chi connectivity index (χ1v) is 9.69. The molecule has 2 unspecified atom stereocenters. The molecule has 1 saturated heterocycles. The zero-order valence-corrected chi connectivity index (χ0v) is 14.3. The summed E-state index contributed by atoms with van der Waals surface area (Å²) in [6, 6.07) is -0.219. The molecule has 8 heteroatoms. The summed E-state index contributed by atoms with van der Waals surface area (Å²) in [4.78, 5) is 8.06. The van der Waals surface area contributed by atoms with Crippen LogP contribution >= 0.6 is 11.6 Å². The van der Waals surface area contributed by atoms with Gasteiger partial charge in [-0.2, -0.15) is 4.31 Å². The van der Waals surface area contributed by atoms with Crippen LogP contribution < -0.4 is 4.74 Å². The fourth-order valence-corrected chi connectivity index (χ4v) is 5.64. The van der Waals surface area contributed by atoms with Crippen molar-refractivity contribution in [2.24, 2.45) is 0 Å². The van der Waals surface area contributed by atoms with Gasteiger partial charge in [0.1, 0.15) is 17.6 Å². The fraction of sp³-hybridized carbons (Fsp3) is 0.600. The van der Waals surface area contributed by atoms with Crippen molar-refractivity contribution >= 4 is 21.6 Å². The molecule has 0 amide bonds. The Hall–Kier alpha value is -1.18. The third kappa shape index (κ3) is 2.64. The summed E-state index contributed by atoms with van der Waals surface area (Å²) < 4.78 is 32.8. The van der Waals surface area contributed by atoms with Crippen LogP contribution in [0.1, 0.15) is 31.2 Å². The maximum absolute atomic E-state index is 12.6. The highest BCUT2D eigenvalue weighted by Crippen LogP contribution is 2.40. The minimum Gasteiger partial charge on any atom is -0.474 e. The quantitative estimate of drug-likeness (QED) is 0.610. The van der Waals surface area contributed by atoms with Crippen molar-refractivity contribution in [1.82, 2.24) is 14.3 Å². The van der Waals surface area contributed by atoms with Gasteiger partial charge < -0.3 is 4.74 Å². The van der Waals surface area contributed by atoms with E-state index < -0.39 is 10.0 Å². The predicted octanol–water partition coefficient (Wildman–Crippen LogP) is 2.08. The van der Waals surface area contributed by atoms with Crippen LogP contribution in [0, 0.1) is 6.92 Å². The van der Waals surface area contributed by atoms with Crippen molar-refractivity contribution in [3.8, 4) is 5.88 Å². The van der Waals surface area contributed by atoms with Crippen LogP contribution in [-0.2, 0) is 10.0 Å². The number of piperidine rings is 1. The van der Waals surface area contributed by atoms with Crippen LogP contribution in [0.5, 0.6) is 5.88 Å². The Morgan fingerprint density at radius 2 is 1.87 bits per heavy atom. The first-order valence-electron chi connectivity index (χ1n) is 7.81. The first-order chi connectivity index (χ1) is 11.0. The lowest BCUT2D eigenvalue weighted by atomic mass is 10.0. The number of hydrogen-bond acceptors (Lipinski definition) is 5. The van der Waals surface area contributed by atoms with Gasteiger partial charge in [0.05, 0.1) is 5.25 Å². The van der Waals surface area contributed by atoms with E-state index in [2.05, 4.69) is 9.97 Å². The Labute approximate surface area is 140 Å². The van der Waals surface area contributed by atoms with Gasteiger partial charge in [-0.15, -0.1) is 0 Å². The number of nitrogens with zero attached hydrogens (tertiary/aromatic N) is 3. The Morgan fingerprint density at radius 3 is 2.48 bits per heavy atom. The Bertz CT molecular complexity index is 747. The van der Waals surface area contributed by atoms with Crippen molar-refractivity contribution in [3.05, 3.63) is 29.2 Å². The van der Waals surface area contributed by atoms with E-state index in [-0.39, 0.29) is 23.4 Å². The zero-order valence-electron chi connectivity index (χ0n) is 12.7. The summed E-state index contributed by atoms with van der Waals surface area (Å²) >= 11 is 5.99. The summed E-state index contributed by atoms with van der Waals surface area (Å²) in [5, 5.41) is 0.206. The van der Waals surface area contributed by atoms with Crippen LogP contribution in [0.15, 0.2) is 18.5 Å². The van der Waals surface area contributed by atoms with Crippen LogP contribution in [0.3, 0.4) is 0 Å². The number of halogens is 1. The molecule has 1 aromatic rings. The summed E-state index contributed by atoms with van der Waals surface area (Å²) in [6.45, 7) is 1.82. The second kappa shape index (κ2) is 5.43. The maximum atomic E-state index is 12.6. The van der Waals surface area contributed by atoms with Gasteiger partial charge in [-0.25, -0.2) is 18.4 Å². The molecule has 3 atom stereocenters. The molecule has 2 aliphatic heterocycles. The van der Waals surface area contributed by atoms with E-state index in [1.807, 2.05) is 19.1 Å². The summed E-state index contributed by atoms with van der Waals surface area (Å²) in [5.41, 5.74) is 0.711. The summed E-state index contributed by atoms with van der Waals surface area (Å²) in [5.74, 6) is 0.480. The lowest BCUT2D eigenvalue weighted by Gasteiger charge is -2.38. The molecule has 1 aromatic heterocycles. The number of ether oxygens (including phenoxy) is 1. The first kappa shape index (κ1) is 15.4. The van der Waals surface area contributed by atoms with Gasteiger partial charge in [0, 0.05) is 30.5 Å². The minimum absolute atomic E-state index is 0.0738. The van der Waals surface area contributed by atoms with Gasteiger partial charge in [0.2, 0.25) is 15.9 Å². The van der Waals surface area contributed by atoms with E-state index in [0.29, 0.717) is 29.4 Å². The minimum atomic E-state index is -3.17. The molecule has 3 heterocycles. The Kier molecular flexibility index (Phi) is 3.62. The second-order valence-corrected chi connectivity index (χ2v) is 8.88. The van der Waals surface area contributed by atoms with Crippen LogP contribution in [0.25, 0.3) is 0 Å². The van der Waals surface area contributed by atoms with Gasteiger partial charge in [0.25, 0.3) is 0 Å². The van der Waals surface area contributed by atoms with Crippen LogP contribution in [0.2, 0.25) is 5.15 Å². The topological polar surface area (TPSA) is 72.4 Å². The molecule has 4 rings (SSSR count). The second-order valence-electron chi connectivity index (χ2n) is 6.40. The molecule has 0 aromatic carbocycles. The van der Waals surface area contributed by atoms with Crippen molar-refractivity contribution < 1.29 is 13.2 Å². The molecule has 0 radical (unpaired) electrons. The largest absolute Gasteiger partial charge is 0.474 e. The van der Waals surface area contributed by atoms with E-state index >= 15 is 0 Å². The van der Waals surface area contributed by atoms with Gasteiger partial charge in [-0.1, -0.05) is 23.8 Å². The molecule has 1 aliphatic carbocycles. The monoisotopic (exact) mass is 355 g/mol. The van der Waals surface area contributed by atoms with Crippen molar-refractivity contribution in [3.63, 3.8) is 0 Å². The number of aromatic nitrogens is 2. The SMILES string of the molecule is Cc1c(Cl)ncnc1OC1CC2C=C[C@@H](C1)N2S(=O)(=O)C1CC1. The zero-order chi connectivity index (χ0) is 16.2. The molecule has 2 bridgehead atoms. The molecule has 3 aliphatic rings. The van der Waals surface area contributed by atoms with E-state index in [0.717, 1.165) is 12.8 Å². The van der Waals surface area contributed by atoms with Gasteiger partial charge in [-0.3, -0.25) is 0 Å². The van der Waals surface area contributed by atoms with Gasteiger partial charge >= 0.3 is 0 Å². The lowest BCUT2D eigenvalue weighted by Crippen LogP contribution is -2.50. The predicted molar refractivity (Wildman–Crippen MR) is 85.9 cm³/mol. The standard InChI is InChI=1S/C15H18ClN3O3S/c1-9-14(16)17-8-18-15(9)22-12-6-10-2-3-11(7-12)19(10)23(20,21)13-4-5-13/h2-3,8,10-13H,4-7H2,1H3/t10-,11?,12?/m0/s1. The highest BCUT2D eigenvalue weighted by molar-refractivity contribution is 7.90. The Morgan fingerprint density at radius 1 is 1.22 bits per heavy atom. The van der Waals surface area contributed by atoms with Crippen molar-refractivity contribution in [2.75, 3.05) is 0 Å². The van der Waals surface area contributed by atoms with E-state index in [4.69, 9.17) is 16.3 Å². The molecule has 2 fully saturated rings. The third-order valence-electron chi connectivity index (χ3n) is 4.71. The molecular formula is C15H18ClN3O3S. The highest BCUT2D eigenvalue weighted by Gasteiger charge is 2.50. The fourth-order valence-electron chi connectivity index (χ4n) is 3.37. The number of sulfonamides is 1. The van der Waals surface area contributed by atoms with Crippen molar-refractivity contribution in [1.29, 1.82) is 0 Å². The molecule has 6 nitrogen and oxygen atoms in total. The van der Waals surface area contributed by atoms with Crippen LogP contribution in [-0.4, -0.2) is 46.1 Å². The van der Waals surface area contributed by atoms with Gasteiger partial charge in [-0.05, 0) is 19.8 Å². The summed E-state index contributed by atoms with van der Waals surface area (Å²) in [6.07, 6.45) is 8.15. The molecule has 124 valence electrons. The van der Waals surface area contributed by atoms with E-state index in [1.165, 1.54) is 6.33 Å². The molecule has 23 heavy (non-hydrogen) atoms. The molecule has 1 saturated carbocycles. The smallest absolute Gasteiger partial charge is 0.221 e.